The van der Waals surface area contributed by atoms with Crippen LogP contribution in [0.5, 0.6) is 0 Å². The van der Waals surface area contributed by atoms with Crippen molar-refractivity contribution in [1.82, 2.24) is 5.48 Å². The number of hydrogen-bond donors (Lipinski definition) is 2. The van der Waals surface area contributed by atoms with Crippen molar-refractivity contribution < 1.29 is 23.6 Å². The lowest BCUT2D eigenvalue weighted by molar-refractivity contribution is -0.142. The first-order chi connectivity index (χ1) is 6.22. The Kier molecular flexibility index (Phi) is 5.63. The van der Waals surface area contributed by atoms with Gasteiger partial charge >= 0.3 is 12.9 Å². The van der Waals surface area contributed by atoms with Crippen LogP contribution in [-0.4, -0.2) is 23.0 Å². The van der Waals surface area contributed by atoms with Gasteiger partial charge in [0.2, 0.25) is 0 Å². The van der Waals surface area contributed by atoms with Crippen LogP contribution in [0.2, 0.25) is 0 Å². The highest BCUT2D eigenvalue weighted by Crippen LogP contribution is 2.47. The smallest absolute Gasteiger partial charge is 0.379 e. The summed E-state index contributed by atoms with van der Waals surface area (Å²) in [6, 6.07) is -0.864. The van der Waals surface area contributed by atoms with Crippen LogP contribution in [0.3, 0.4) is 0 Å². The van der Waals surface area contributed by atoms with Crippen LogP contribution in [0.15, 0.2) is 0 Å². The molecule has 1 unspecified atom stereocenters. The third kappa shape index (κ3) is 7.29. The minimum atomic E-state index is -4.30. The molecule has 0 aliphatic rings. The molecule has 0 aromatic heterocycles. The maximum Gasteiger partial charge on any atom is 0.476 e. The van der Waals surface area contributed by atoms with Crippen LogP contribution < -0.4 is 5.48 Å². The zero-order valence-corrected chi connectivity index (χ0v) is 9.71. The van der Waals surface area contributed by atoms with Gasteiger partial charge in [-0.3, -0.25) is 4.84 Å². The average Bonchev–Trinajstić information content (AvgIpc) is 1.96. The minimum absolute atomic E-state index is 0.123. The van der Waals surface area contributed by atoms with Gasteiger partial charge in [0.15, 0.2) is 0 Å². The first-order valence-electron chi connectivity index (χ1n) is 3.89. The van der Waals surface area contributed by atoms with E-state index in [1.807, 2.05) is 0 Å². The summed E-state index contributed by atoms with van der Waals surface area (Å²) in [5.74, 6) is -0.952. The van der Waals surface area contributed by atoms with Crippen molar-refractivity contribution in [2.45, 2.75) is 32.9 Å². The summed E-state index contributed by atoms with van der Waals surface area (Å²) in [5, 5.41) is 0. The maximum absolute atomic E-state index is 11.0. The molecule has 0 radical (unpaired) electrons. The fourth-order valence-electron chi connectivity index (χ4n) is 0.476. The molecule has 0 heterocycles. The summed E-state index contributed by atoms with van der Waals surface area (Å²) in [7, 11) is 0. The van der Waals surface area contributed by atoms with E-state index >= 15 is 0 Å². The zero-order chi connectivity index (χ0) is 11.4. The fourth-order valence-corrected chi connectivity index (χ4v) is 1.06. The van der Waals surface area contributed by atoms with Crippen molar-refractivity contribution in [3.8, 4) is 0 Å². The van der Waals surface area contributed by atoms with E-state index in [1.54, 1.807) is 13.8 Å². The standard InChI is InChI=1S/C6H13ClNO5P/c1-4(2)12-8-5(3)6(9)13-14(7,10)11/h4-5,8H,1-3H3,(H,10,11)/t5-/m0/s1. The molecule has 0 fully saturated rings. The molecule has 2 atom stereocenters. The number of carbonyl (C=O) groups is 1. The maximum atomic E-state index is 11.0. The van der Waals surface area contributed by atoms with Gasteiger partial charge in [-0.1, -0.05) is 0 Å². The van der Waals surface area contributed by atoms with Crippen LogP contribution in [0.4, 0.5) is 0 Å². The Morgan fingerprint density at radius 3 is 2.36 bits per heavy atom. The third-order valence-electron chi connectivity index (χ3n) is 1.04. The summed E-state index contributed by atoms with van der Waals surface area (Å²) in [4.78, 5) is 24.4. The van der Waals surface area contributed by atoms with Crippen molar-refractivity contribution in [3.05, 3.63) is 0 Å². The first-order valence-corrected chi connectivity index (χ1v) is 6.37. The Hall–Kier alpha value is -0.130. The van der Waals surface area contributed by atoms with Gasteiger partial charge in [0.05, 0.1) is 6.10 Å². The van der Waals surface area contributed by atoms with Crippen molar-refractivity contribution in [1.29, 1.82) is 0 Å². The fraction of sp³-hybridized carbons (Fsp3) is 0.833. The van der Waals surface area contributed by atoms with Crippen LogP contribution in [0, 0.1) is 0 Å². The van der Waals surface area contributed by atoms with Gasteiger partial charge in [-0.05, 0) is 20.8 Å². The Balaban J connectivity index is 3.95. The van der Waals surface area contributed by atoms with Crippen molar-refractivity contribution >= 4 is 24.2 Å². The summed E-state index contributed by atoms with van der Waals surface area (Å²) >= 11 is 4.83. The van der Waals surface area contributed by atoms with Crippen molar-refractivity contribution in [2.24, 2.45) is 0 Å². The van der Waals surface area contributed by atoms with Crippen LogP contribution in [0.25, 0.3) is 0 Å². The molecule has 0 saturated carbocycles. The van der Waals surface area contributed by atoms with Gasteiger partial charge in [0, 0.05) is 11.2 Å². The molecule has 0 aliphatic heterocycles. The second-order valence-electron chi connectivity index (χ2n) is 2.87. The number of hydrogen-bond acceptors (Lipinski definition) is 5. The van der Waals surface area contributed by atoms with Gasteiger partial charge in [0.1, 0.15) is 6.04 Å². The summed E-state index contributed by atoms with van der Waals surface area (Å²) < 4.78 is 14.5. The Morgan fingerprint density at radius 1 is 1.50 bits per heavy atom. The van der Waals surface area contributed by atoms with E-state index in [0.717, 1.165) is 0 Å². The van der Waals surface area contributed by atoms with Gasteiger partial charge < -0.3 is 9.42 Å². The topological polar surface area (TPSA) is 84.9 Å². The van der Waals surface area contributed by atoms with Gasteiger partial charge in [0.25, 0.3) is 0 Å². The molecule has 0 saturated heterocycles. The molecular weight excluding hydrogens is 232 g/mol. The van der Waals surface area contributed by atoms with Crippen molar-refractivity contribution in [2.75, 3.05) is 0 Å². The van der Waals surface area contributed by atoms with Crippen LogP contribution in [0.1, 0.15) is 20.8 Å². The summed E-state index contributed by atoms with van der Waals surface area (Å²) in [6.07, 6.45) is -0.123. The Labute approximate surface area is 86.8 Å². The molecule has 0 bridgehead atoms. The average molecular weight is 246 g/mol. The second-order valence-corrected chi connectivity index (χ2v) is 5.24. The van der Waals surface area contributed by atoms with E-state index in [4.69, 9.17) is 21.0 Å². The molecule has 0 rings (SSSR count). The Morgan fingerprint density at radius 2 is 2.00 bits per heavy atom. The van der Waals surface area contributed by atoms with Crippen molar-refractivity contribution in [3.63, 3.8) is 0 Å². The van der Waals surface area contributed by atoms with E-state index in [9.17, 15) is 9.36 Å². The predicted octanol–water partition coefficient (Wildman–Crippen LogP) is 1.19. The number of nitrogens with one attached hydrogen (secondary N) is 1. The summed E-state index contributed by atoms with van der Waals surface area (Å²) in [6.45, 7) is 0.625. The molecule has 0 aromatic carbocycles. The predicted molar refractivity (Wildman–Crippen MR) is 50.6 cm³/mol. The molecule has 84 valence electrons. The quantitative estimate of drug-likeness (QED) is 0.559. The lowest BCUT2D eigenvalue weighted by Gasteiger charge is -2.14. The summed E-state index contributed by atoms with van der Waals surface area (Å²) in [5.41, 5.74) is 2.34. The number of carbonyl (C=O) groups excluding carboxylic acids is 1. The minimum Gasteiger partial charge on any atom is -0.379 e. The zero-order valence-electron chi connectivity index (χ0n) is 8.06. The molecule has 6 nitrogen and oxygen atoms in total. The molecule has 2 N–H and O–H groups in total. The van der Waals surface area contributed by atoms with Gasteiger partial charge in [-0.2, -0.15) is 5.48 Å². The molecule has 0 aliphatic carbocycles. The van der Waals surface area contributed by atoms with E-state index in [1.165, 1.54) is 6.92 Å². The third-order valence-corrected chi connectivity index (χ3v) is 1.65. The molecule has 0 aromatic rings. The highest BCUT2D eigenvalue weighted by Gasteiger charge is 2.24. The van der Waals surface area contributed by atoms with E-state index in [0.29, 0.717) is 0 Å². The normalized spacial score (nSPS) is 17.6. The number of halogens is 1. The second kappa shape index (κ2) is 5.68. The highest BCUT2D eigenvalue weighted by atomic mass is 35.7. The number of rotatable bonds is 5. The first kappa shape index (κ1) is 13.9. The highest BCUT2D eigenvalue weighted by molar-refractivity contribution is 7.80. The van der Waals surface area contributed by atoms with E-state index < -0.39 is 19.0 Å². The largest absolute Gasteiger partial charge is 0.476 e. The molecule has 0 amide bonds. The lowest BCUT2D eigenvalue weighted by atomic mass is 10.4. The lowest BCUT2D eigenvalue weighted by Crippen LogP contribution is -2.36. The van der Waals surface area contributed by atoms with Gasteiger partial charge in [-0.15, -0.1) is 0 Å². The van der Waals surface area contributed by atoms with E-state index in [-0.39, 0.29) is 6.10 Å². The molecule has 0 spiro atoms. The molecule has 8 heteroatoms. The van der Waals surface area contributed by atoms with Crippen LogP contribution in [-0.2, 0) is 18.7 Å². The van der Waals surface area contributed by atoms with E-state index in [2.05, 4.69) is 10.0 Å². The Bertz CT molecular complexity index is 240. The van der Waals surface area contributed by atoms with Gasteiger partial charge in [-0.25, -0.2) is 9.36 Å². The molecular formula is C6H13ClNO5P. The monoisotopic (exact) mass is 245 g/mol. The van der Waals surface area contributed by atoms with Crippen LogP contribution >= 0.6 is 18.2 Å². The number of hydroxylamine groups is 1. The SMILES string of the molecule is CC(C)ON[C@@H](C)C(=O)OP(=O)(O)Cl. The molecule has 14 heavy (non-hydrogen) atoms.